The molecule has 3 aromatic rings. The first kappa shape index (κ1) is 22.5. The number of amides is 1. The van der Waals surface area contributed by atoms with Crippen LogP contribution in [0, 0.1) is 0 Å². The molecule has 0 atom stereocenters. The number of carbonyl (C=O) groups excluding carboxylic acids is 1. The molecule has 1 saturated heterocycles. The van der Waals surface area contributed by atoms with Gasteiger partial charge in [-0.05, 0) is 55.8 Å². The Hall–Kier alpha value is -3.26. The number of aromatic nitrogens is 2. The van der Waals surface area contributed by atoms with Crippen molar-refractivity contribution < 1.29 is 23.4 Å². The lowest BCUT2D eigenvalue weighted by Crippen LogP contribution is -2.50. The van der Waals surface area contributed by atoms with Crippen molar-refractivity contribution in [1.29, 1.82) is 0 Å². The van der Waals surface area contributed by atoms with Gasteiger partial charge in [0.05, 0.1) is 17.0 Å². The Morgan fingerprint density at radius 2 is 1.74 bits per heavy atom. The van der Waals surface area contributed by atoms with Gasteiger partial charge in [0, 0.05) is 44.6 Å². The number of piperidine rings is 1. The summed E-state index contributed by atoms with van der Waals surface area (Å²) in [6, 6.07) is 13.5. The highest BCUT2D eigenvalue weighted by Gasteiger charge is 2.47. The molecule has 1 aromatic carbocycles. The number of halogens is 2. The average Bonchev–Trinajstić information content (AvgIpc) is 3.26. The number of pyridine rings is 1. The van der Waals surface area contributed by atoms with Crippen LogP contribution in [-0.2, 0) is 17.1 Å². The number of hydrogen-bond donors (Lipinski definition) is 1. The molecule has 0 bridgehead atoms. The lowest BCUT2D eigenvalue weighted by molar-refractivity contribution is -0.0178. The van der Waals surface area contributed by atoms with E-state index in [1.165, 1.54) is 6.07 Å². The van der Waals surface area contributed by atoms with E-state index in [4.69, 9.17) is 4.74 Å². The summed E-state index contributed by atoms with van der Waals surface area (Å²) in [5.74, 6) is -2.82. The van der Waals surface area contributed by atoms with Gasteiger partial charge in [-0.25, -0.2) is 13.8 Å². The van der Waals surface area contributed by atoms with E-state index < -0.39 is 17.1 Å². The first-order valence-corrected chi connectivity index (χ1v) is 11.4. The summed E-state index contributed by atoms with van der Waals surface area (Å²) in [5, 5.41) is 10.1. The van der Waals surface area contributed by atoms with E-state index in [1.54, 1.807) is 72.0 Å². The van der Waals surface area contributed by atoms with Crippen molar-refractivity contribution in [3.63, 3.8) is 0 Å². The number of aliphatic hydroxyl groups is 1. The number of alkyl halides is 2. The Labute approximate surface area is 196 Å². The zero-order chi connectivity index (χ0) is 24.3. The summed E-state index contributed by atoms with van der Waals surface area (Å²) >= 11 is 0. The molecule has 5 rings (SSSR count). The Kier molecular flexibility index (Phi) is 5.06. The minimum absolute atomic E-state index is 0.107. The van der Waals surface area contributed by atoms with Crippen molar-refractivity contribution >= 4 is 5.91 Å². The molecule has 0 aliphatic carbocycles. The zero-order valence-electron chi connectivity index (χ0n) is 19.4. The molecule has 2 aromatic heterocycles. The fourth-order valence-electron chi connectivity index (χ4n) is 4.90. The van der Waals surface area contributed by atoms with Crippen LogP contribution in [0.1, 0.15) is 60.9 Å². The smallest absolute Gasteiger partial charge is 0.285 e. The third kappa shape index (κ3) is 3.66. The molecule has 2 aliphatic heterocycles. The van der Waals surface area contributed by atoms with Gasteiger partial charge in [0.1, 0.15) is 5.69 Å². The van der Waals surface area contributed by atoms with E-state index in [1.807, 2.05) is 0 Å². The van der Waals surface area contributed by atoms with E-state index in [0.717, 1.165) is 12.5 Å². The summed E-state index contributed by atoms with van der Waals surface area (Å²) in [6.07, 6.45) is 2.49. The van der Waals surface area contributed by atoms with Crippen LogP contribution >= 0.6 is 0 Å². The number of benzene rings is 1. The summed E-state index contributed by atoms with van der Waals surface area (Å²) in [6.45, 7) is 5.11. The molecule has 2 aliphatic rings. The number of ether oxygens (including phenoxy) is 1. The molecular weight excluding hydrogens is 440 g/mol. The second-order valence-electron chi connectivity index (χ2n) is 9.68. The van der Waals surface area contributed by atoms with Gasteiger partial charge >= 0.3 is 0 Å². The SMILES string of the molecule is CC(C)(O)c1ccc(C(=O)N2CCC3(CC2)Oc2ncccc2-n2c(C(C)(F)F)ccc23)cc1. The fourth-order valence-corrected chi connectivity index (χ4v) is 4.90. The van der Waals surface area contributed by atoms with Crippen molar-refractivity contribution in [2.75, 3.05) is 13.1 Å². The maximum absolute atomic E-state index is 14.4. The van der Waals surface area contributed by atoms with E-state index >= 15 is 0 Å². The van der Waals surface area contributed by atoms with Gasteiger partial charge in [0.15, 0.2) is 5.60 Å². The monoisotopic (exact) mass is 467 g/mol. The van der Waals surface area contributed by atoms with Gasteiger partial charge < -0.3 is 19.3 Å². The van der Waals surface area contributed by atoms with Gasteiger partial charge in [-0.15, -0.1) is 0 Å². The molecule has 178 valence electrons. The predicted octanol–water partition coefficient (Wildman–Crippen LogP) is 4.74. The van der Waals surface area contributed by atoms with Gasteiger partial charge in [-0.3, -0.25) is 4.79 Å². The van der Waals surface area contributed by atoms with Gasteiger partial charge in [0.2, 0.25) is 5.88 Å². The topological polar surface area (TPSA) is 67.6 Å². The van der Waals surface area contributed by atoms with Crippen molar-refractivity contribution in [3.8, 4) is 11.6 Å². The highest BCUT2D eigenvalue weighted by atomic mass is 19.3. The van der Waals surface area contributed by atoms with Crippen molar-refractivity contribution in [3.05, 3.63) is 77.2 Å². The fraction of sp³-hybridized carbons (Fsp3) is 0.385. The Morgan fingerprint density at radius 3 is 2.35 bits per heavy atom. The van der Waals surface area contributed by atoms with Crippen LogP contribution in [0.3, 0.4) is 0 Å². The minimum atomic E-state index is -3.03. The summed E-state index contributed by atoms with van der Waals surface area (Å²) in [7, 11) is 0. The van der Waals surface area contributed by atoms with E-state index in [0.29, 0.717) is 48.8 Å². The lowest BCUT2D eigenvalue weighted by atomic mass is 9.86. The largest absolute Gasteiger partial charge is 0.463 e. The van der Waals surface area contributed by atoms with Crippen LogP contribution in [0.2, 0.25) is 0 Å². The van der Waals surface area contributed by atoms with E-state index in [9.17, 15) is 18.7 Å². The first-order chi connectivity index (χ1) is 16.0. The Morgan fingerprint density at radius 1 is 1.06 bits per heavy atom. The molecule has 34 heavy (non-hydrogen) atoms. The van der Waals surface area contributed by atoms with Crippen LogP contribution in [0.15, 0.2) is 54.7 Å². The highest BCUT2D eigenvalue weighted by Crippen LogP contribution is 2.47. The van der Waals surface area contributed by atoms with E-state index in [2.05, 4.69) is 4.98 Å². The maximum Gasteiger partial charge on any atom is 0.285 e. The third-order valence-electron chi connectivity index (χ3n) is 6.78. The first-order valence-electron chi connectivity index (χ1n) is 11.4. The standard InChI is InChI=1S/C26H27F2N3O3/c1-24(2,33)18-8-6-17(7-9-18)23(32)30-15-12-26(13-16-30)21-11-10-20(25(3,27)28)31(21)19-5-4-14-29-22(19)34-26/h4-11,14,33H,12-13,15-16H2,1-3H3. The van der Waals surface area contributed by atoms with Crippen LogP contribution < -0.4 is 4.74 Å². The lowest BCUT2D eigenvalue weighted by Gasteiger charge is -2.44. The minimum Gasteiger partial charge on any atom is -0.463 e. The normalized spacial score (nSPS) is 17.2. The van der Waals surface area contributed by atoms with E-state index in [-0.39, 0.29) is 11.6 Å². The van der Waals surface area contributed by atoms with Crippen molar-refractivity contribution in [2.45, 2.75) is 50.7 Å². The molecule has 0 radical (unpaired) electrons. The molecule has 0 unspecified atom stereocenters. The number of carbonyl (C=O) groups is 1. The number of likely N-dealkylation sites (tertiary alicyclic amines) is 1. The number of nitrogens with zero attached hydrogens (tertiary/aromatic N) is 3. The molecule has 1 N–H and O–H groups in total. The molecular formula is C26H27F2N3O3. The molecule has 1 amide bonds. The Balaban J connectivity index is 1.42. The van der Waals surface area contributed by atoms with Gasteiger partial charge in [-0.1, -0.05) is 12.1 Å². The predicted molar refractivity (Wildman–Crippen MR) is 122 cm³/mol. The number of fused-ring (bicyclic) bond motifs is 4. The third-order valence-corrected chi connectivity index (χ3v) is 6.78. The Bertz CT molecular complexity index is 1230. The molecule has 1 spiro atoms. The van der Waals surface area contributed by atoms with Crippen LogP contribution in [-0.4, -0.2) is 38.6 Å². The molecule has 0 saturated carbocycles. The molecule has 8 heteroatoms. The van der Waals surface area contributed by atoms with Crippen LogP contribution in [0.5, 0.6) is 5.88 Å². The summed E-state index contributed by atoms with van der Waals surface area (Å²) < 4.78 is 36.8. The van der Waals surface area contributed by atoms with Crippen LogP contribution in [0.4, 0.5) is 8.78 Å². The zero-order valence-corrected chi connectivity index (χ0v) is 19.4. The quantitative estimate of drug-likeness (QED) is 0.605. The molecule has 1 fully saturated rings. The molecule has 6 nitrogen and oxygen atoms in total. The summed E-state index contributed by atoms with van der Waals surface area (Å²) in [5.41, 5.74) is 0.493. The second kappa shape index (κ2) is 7.63. The van der Waals surface area contributed by atoms with Crippen molar-refractivity contribution in [2.24, 2.45) is 0 Å². The maximum atomic E-state index is 14.4. The average molecular weight is 468 g/mol. The van der Waals surface area contributed by atoms with Gasteiger partial charge in [-0.2, -0.15) is 0 Å². The van der Waals surface area contributed by atoms with Crippen molar-refractivity contribution in [1.82, 2.24) is 14.5 Å². The summed E-state index contributed by atoms with van der Waals surface area (Å²) in [4.78, 5) is 19.2. The molecule has 4 heterocycles. The number of hydrogen-bond acceptors (Lipinski definition) is 4. The number of rotatable bonds is 3. The second-order valence-corrected chi connectivity index (χ2v) is 9.68. The highest BCUT2D eigenvalue weighted by molar-refractivity contribution is 5.94. The van der Waals surface area contributed by atoms with Crippen LogP contribution in [0.25, 0.3) is 5.69 Å². The van der Waals surface area contributed by atoms with Gasteiger partial charge in [0.25, 0.3) is 11.8 Å².